The quantitative estimate of drug-likeness (QED) is 0.272. The first kappa shape index (κ1) is 21.9. The van der Waals surface area contributed by atoms with Crippen molar-refractivity contribution in [2.75, 3.05) is 0 Å². The second kappa shape index (κ2) is 8.64. The smallest absolute Gasteiger partial charge is 0.115 e. The minimum Gasteiger partial charge on any atom is -0.508 e. The summed E-state index contributed by atoms with van der Waals surface area (Å²) in [4.78, 5) is 9.73. The molecule has 0 amide bonds. The molecule has 0 fully saturated rings. The molecule has 7 rings (SSSR count). The molecule has 0 radical (unpaired) electrons. The third-order valence-corrected chi connectivity index (χ3v) is 6.65. The fourth-order valence-corrected chi connectivity index (χ4v) is 4.90. The predicted molar refractivity (Wildman–Crippen MR) is 152 cm³/mol. The van der Waals surface area contributed by atoms with E-state index < -0.39 is 0 Å². The average Bonchev–Trinajstić information content (AvgIpc) is 3.71. The first-order valence-electron chi connectivity index (χ1n) is 12.3. The van der Waals surface area contributed by atoms with E-state index in [2.05, 4.69) is 57.7 Å². The van der Waals surface area contributed by atoms with Gasteiger partial charge in [0.15, 0.2) is 0 Å². The Morgan fingerprint density at radius 3 is 0.974 bits per heavy atom. The second-order valence-electron chi connectivity index (χ2n) is 9.24. The largest absolute Gasteiger partial charge is 0.508 e. The lowest BCUT2D eigenvalue weighted by Crippen LogP contribution is -1.93. The third-order valence-electron chi connectivity index (χ3n) is 6.65. The van der Waals surface area contributed by atoms with Crippen LogP contribution in [0, 0.1) is 0 Å². The highest BCUT2D eigenvalue weighted by Crippen LogP contribution is 2.26. The zero-order chi connectivity index (χ0) is 25.6. The maximum absolute atomic E-state index is 9.83. The van der Waals surface area contributed by atoms with E-state index in [9.17, 15) is 10.2 Å². The number of benzene rings is 2. The minimum absolute atomic E-state index is 0.224. The molecule has 0 saturated carbocycles. The molecule has 3 aromatic heterocycles. The Kier molecular flexibility index (Phi) is 4.97. The van der Waals surface area contributed by atoms with E-state index in [1.54, 1.807) is 24.3 Å². The zero-order valence-corrected chi connectivity index (χ0v) is 20.2. The predicted octanol–water partition coefficient (Wildman–Crippen LogP) is 6.99. The summed E-state index contributed by atoms with van der Waals surface area (Å²) < 4.78 is 4.26. The number of fused-ring (bicyclic) bond motifs is 8. The summed E-state index contributed by atoms with van der Waals surface area (Å²) in [5, 5.41) is 19.7. The van der Waals surface area contributed by atoms with Crippen molar-refractivity contribution in [1.29, 1.82) is 0 Å². The Morgan fingerprint density at radius 2 is 0.684 bits per heavy atom. The number of phenols is 2. The van der Waals surface area contributed by atoms with Crippen LogP contribution in [0.3, 0.4) is 0 Å². The Labute approximate surface area is 218 Å². The Bertz CT molecular complexity index is 1700. The van der Waals surface area contributed by atoms with Crippen LogP contribution in [0.2, 0.25) is 0 Å². The molecule has 2 aliphatic rings. The highest BCUT2D eigenvalue weighted by molar-refractivity contribution is 5.80. The van der Waals surface area contributed by atoms with Crippen molar-refractivity contribution < 1.29 is 10.2 Å². The Morgan fingerprint density at radius 1 is 0.395 bits per heavy atom. The summed E-state index contributed by atoms with van der Waals surface area (Å²) in [6.07, 6.45) is 8.03. The van der Waals surface area contributed by atoms with Gasteiger partial charge in [0.05, 0.1) is 22.8 Å². The van der Waals surface area contributed by atoms with Crippen molar-refractivity contribution in [2.24, 2.45) is 0 Å². The Hall–Kier alpha value is -5.36. The van der Waals surface area contributed by atoms with Gasteiger partial charge >= 0.3 is 0 Å². The van der Waals surface area contributed by atoms with E-state index in [-0.39, 0.29) is 11.5 Å². The van der Waals surface area contributed by atoms with Crippen molar-refractivity contribution in [3.05, 3.63) is 120 Å². The van der Waals surface area contributed by atoms with Crippen LogP contribution < -0.4 is 0 Å². The standard InChI is InChI=1S/C32H22N4O2/c37-31-13-9-25(10-14-31)35-27-5-6-29(35)19-23-3-4-24(34-23)20-30-8-7-28(18-22-2-1-21(17-27)33-22)36(30)26-11-15-32(38)16-12-26/h1-20,37-38H. The highest BCUT2D eigenvalue weighted by Gasteiger charge is 2.09. The first-order chi connectivity index (χ1) is 18.6. The van der Waals surface area contributed by atoms with Crippen molar-refractivity contribution in [3.8, 4) is 22.9 Å². The molecule has 2 aromatic carbocycles. The molecular formula is C32H22N4O2. The topological polar surface area (TPSA) is 76.1 Å². The number of hydrogen-bond donors (Lipinski definition) is 2. The molecule has 5 heterocycles. The molecule has 0 spiro atoms. The van der Waals surface area contributed by atoms with Gasteiger partial charge in [-0.15, -0.1) is 0 Å². The van der Waals surface area contributed by atoms with Crippen LogP contribution in [0.15, 0.2) is 97.1 Å². The van der Waals surface area contributed by atoms with Crippen LogP contribution in [-0.4, -0.2) is 29.3 Å². The molecule has 2 aliphatic heterocycles. The van der Waals surface area contributed by atoms with Crippen molar-refractivity contribution in [1.82, 2.24) is 19.1 Å². The normalized spacial score (nSPS) is 12.2. The molecule has 0 unspecified atom stereocenters. The number of aromatic hydroxyl groups is 2. The fourth-order valence-electron chi connectivity index (χ4n) is 4.90. The van der Waals surface area contributed by atoms with Gasteiger partial charge in [0.25, 0.3) is 0 Å². The summed E-state index contributed by atoms with van der Waals surface area (Å²) in [5.41, 5.74) is 9.10. The van der Waals surface area contributed by atoms with E-state index in [0.29, 0.717) is 0 Å². The molecule has 6 heteroatoms. The molecule has 38 heavy (non-hydrogen) atoms. The molecule has 8 bridgehead atoms. The van der Waals surface area contributed by atoms with Crippen molar-refractivity contribution in [2.45, 2.75) is 0 Å². The number of aromatic nitrogens is 4. The van der Waals surface area contributed by atoms with E-state index in [1.807, 2.05) is 48.6 Å². The number of hydrogen-bond acceptors (Lipinski definition) is 4. The fraction of sp³-hybridized carbons (Fsp3) is 0. The maximum atomic E-state index is 9.83. The van der Waals surface area contributed by atoms with Crippen LogP contribution in [0.1, 0.15) is 22.8 Å². The van der Waals surface area contributed by atoms with E-state index in [0.717, 1.165) is 56.2 Å². The maximum Gasteiger partial charge on any atom is 0.115 e. The van der Waals surface area contributed by atoms with Gasteiger partial charge in [-0.2, -0.15) is 0 Å². The lowest BCUT2D eigenvalue weighted by molar-refractivity contribution is 0.474. The lowest BCUT2D eigenvalue weighted by atomic mass is 10.3. The van der Waals surface area contributed by atoms with Gasteiger partial charge in [-0.05, 0) is 121 Å². The molecule has 6 nitrogen and oxygen atoms in total. The molecular weight excluding hydrogens is 472 g/mol. The van der Waals surface area contributed by atoms with Crippen molar-refractivity contribution in [3.63, 3.8) is 0 Å². The number of nitrogens with zero attached hydrogens (tertiary/aromatic N) is 4. The monoisotopic (exact) mass is 494 g/mol. The second-order valence-corrected chi connectivity index (χ2v) is 9.24. The summed E-state index contributed by atoms with van der Waals surface area (Å²) in [6, 6.07) is 30.8. The van der Waals surface area contributed by atoms with Crippen LogP contribution >= 0.6 is 0 Å². The first-order valence-corrected chi connectivity index (χ1v) is 12.3. The van der Waals surface area contributed by atoms with Gasteiger partial charge < -0.3 is 19.3 Å². The summed E-state index contributed by atoms with van der Waals surface area (Å²) in [6.45, 7) is 0. The number of phenolic OH excluding ortho intramolecular Hbond substituents is 2. The molecule has 0 atom stereocenters. The van der Waals surface area contributed by atoms with Gasteiger partial charge in [-0.1, -0.05) is 0 Å². The van der Waals surface area contributed by atoms with Gasteiger partial charge in [-0.3, -0.25) is 0 Å². The van der Waals surface area contributed by atoms with Gasteiger partial charge in [0.2, 0.25) is 0 Å². The zero-order valence-electron chi connectivity index (χ0n) is 20.2. The number of rotatable bonds is 2. The highest BCUT2D eigenvalue weighted by atomic mass is 16.3. The molecule has 0 aliphatic carbocycles. The summed E-state index contributed by atoms with van der Waals surface area (Å²) >= 11 is 0. The van der Waals surface area contributed by atoms with Gasteiger partial charge in [-0.25, -0.2) is 9.97 Å². The molecule has 2 N–H and O–H groups in total. The van der Waals surface area contributed by atoms with E-state index >= 15 is 0 Å². The minimum atomic E-state index is 0.224. The van der Waals surface area contributed by atoms with Crippen LogP contribution in [0.4, 0.5) is 0 Å². The SMILES string of the molecule is Oc1ccc(-n2c3ccc2cc2nc(cc4ccc(cc5nc(c3)C=C5)n4-c3ccc(O)cc3)C=C2)cc1. The molecule has 182 valence electrons. The van der Waals surface area contributed by atoms with Crippen molar-refractivity contribution >= 4 is 46.4 Å². The summed E-state index contributed by atoms with van der Waals surface area (Å²) in [5.74, 6) is 0.448. The van der Waals surface area contributed by atoms with E-state index in [1.165, 1.54) is 0 Å². The summed E-state index contributed by atoms with van der Waals surface area (Å²) in [7, 11) is 0. The van der Waals surface area contributed by atoms with Crippen LogP contribution in [-0.2, 0) is 0 Å². The molecule has 5 aromatic rings. The van der Waals surface area contributed by atoms with E-state index in [4.69, 9.17) is 9.97 Å². The van der Waals surface area contributed by atoms with Gasteiger partial charge in [0, 0.05) is 33.4 Å². The van der Waals surface area contributed by atoms with Gasteiger partial charge in [0.1, 0.15) is 11.5 Å². The Balaban J connectivity index is 1.55. The molecule has 0 saturated heterocycles. The third kappa shape index (κ3) is 3.94. The van der Waals surface area contributed by atoms with Crippen LogP contribution in [0.25, 0.3) is 57.7 Å². The lowest BCUT2D eigenvalue weighted by Gasteiger charge is -2.07. The average molecular weight is 495 g/mol. The van der Waals surface area contributed by atoms with Crippen LogP contribution in [0.5, 0.6) is 11.5 Å².